The molecule has 0 radical (unpaired) electrons. The Hall–Kier alpha value is -1.62. The SMILES string of the molecule is CN1C=CC(=C/C=C2/C=Nc3ccccc32)C=C1.I. The second-order valence-corrected chi connectivity index (χ2v) is 4.36. The molecular weight excluding hydrogens is 347 g/mol. The number of nitrogens with zero attached hydrogens (tertiary/aromatic N) is 2. The highest BCUT2D eigenvalue weighted by molar-refractivity contribution is 14.0. The molecule has 2 aliphatic heterocycles. The molecule has 0 saturated carbocycles. The third-order valence-corrected chi connectivity index (χ3v) is 3.02. The minimum absolute atomic E-state index is 0. The van der Waals surface area contributed by atoms with Crippen molar-refractivity contribution < 1.29 is 0 Å². The molecule has 19 heavy (non-hydrogen) atoms. The van der Waals surface area contributed by atoms with Gasteiger partial charge in [-0.25, -0.2) is 0 Å². The molecule has 3 heteroatoms. The zero-order valence-corrected chi connectivity index (χ0v) is 13.0. The van der Waals surface area contributed by atoms with Crippen molar-refractivity contribution in [3.8, 4) is 0 Å². The van der Waals surface area contributed by atoms with Gasteiger partial charge in [-0.15, -0.1) is 24.0 Å². The van der Waals surface area contributed by atoms with Gasteiger partial charge < -0.3 is 4.90 Å². The van der Waals surface area contributed by atoms with Crippen molar-refractivity contribution in [3.63, 3.8) is 0 Å². The van der Waals surface area contributed by atoms with Gasteiger partial charge in [0.1, 0.15) is 0 Å². The molecule has 2 nitrogen and oxygen atoms in total. The number of fused-ring (bicyclic) bond motifs is 1. The summed E-state index contributed by atoms with van der Waals surface area (Å²) in [5, 5.41) is 0. The molecule has 0 aromatic heterocycles. The van der Waals surface area contributed by atoms with E-state index in [0.717, 1.165) is 5.69 Å². The van der Waals surface area contributed by atoms with Crippen LogP contribution in [0, 0.1) is 0 Å². The lowest BCUT2D eigenvalue weighted by atomic mass is 10.1. The summed E-state index contributed by atoms with van der Waals surface area (Å²) in [5.41, 5.74) is 4.61. The van der Waals surface area contributed by atoms with E-state index in [1.54, 1.807) is 0 Å². The molecule has 0 spiro atoms. The number of benzene rings is 1. The standard InChI is InChI=1S/C16H14N2.HI/c1-18-10-8-13(9-11-18)6-7-14-12-17-16-5-3-2-4-15(14)16;/h2-12H,1H3;1H/b14-7-;. The lowest BCUT2D eigenvalue weighted by molar-refractivity contribution is 0.620. The second-order valence-electron chi connectivity index (χ2n) is 4.36. The molecule has 2 heterocycles. The highest BCUT2D eigenvalue weighted by Gasteiger charge is 2.09. The summed E-state index contributed by atoms with van der Waals surface area (Å²) in [6.07, 6.45) is 14.4. The van der Waals surface area contributed by atoms with Crippen LogP contribution in [0.1, 0.15) is 5.56 Å². The Balaban J connectivity index is 0.00000133. The Bertz CT molecular complexity index is 605. The first-order valence-corrected chi connectivity index (χ1v) is 5.97. The topological polar surface area (TPSA) is 15.6 Å². The first-order valence-electron chi connectivity index (χ1n) is 5.97. The number of halogens is 1. The van der Waals surface area contributed by atoms with E-state index in [1.165, 1.54) is 16.7 Å². The van der Waals surface area contributed by atoms with Gasteiger partial charge in [0.05, 0.1) is 5.69 Å². The van der Waals surface area contributed by atoms with E-state index in [1.807, 2.05) is 48.8 Å². The third kappa shape index (κ3) is 3.04. The van der Waals surface area contributed by atoms with Crippen LogP contribution < -0.4 is 0 Å². The third-order valence-electron chi connectivity index (χ3n) is 3.02. The van der Waals surface area contributed by atoms with Crippen molar-refractivity contribution in [1.29, 1.82) is 0 Å². The largest absolute Gasteiger partial charge is 0.357 e. The molecule has 0 amide bonds. The quantitative estimate of drug-likeness (QED) is 0.680. The summed E-state index contributed by atoms with van der Waals surface area (Å²) < 4.78 is 0. The van der Waals surface area contributed by atoms with Crippen molar-refractivity contribution in [3.05, 3.63) is 72.1 Å². The molecule has 0 unspecified atom stereocenters. The maximum absolute atomic E-state index is 4.39. The summed E-state index contributed by atoms with van der Waals surface area (Å²) in [6, 6.07) is 8.20. The maximum atomic E-state index is 4.39. The molecule has 3 rings (SSSR count). The molecule has 1 aromatic carbocycles. The second kappa shape index (κ2) is 6.02. The Morgan fingerprint density at radius 3 is 2.58 bits per heavy atom. The van der Waals surface area contributed by atoms with Crippen molar-refractivity contribution >= 4 is 41.5 Å². The van der Waals surface area contributed by atoms with Gasteiger partial charge in [0, 0.05) is 36.8 Å². The number of hydrogen-bond acceptors (Lipinski definition) is 2. The van der Waals surface area contributed by atoms with Gasteiger partial charge in [-0.3, -0.25) is 4.99 Å². The average molecular weight is 362 g/mol. The predicted molar refractivity (Wildman–Crippen MR) is 92.1 cm³/mol. The van der Waals surface area contributed by atoms with E-state index in [2.05, 4.69) is 35.4 Å². The van der Waals surface area contributed by atoms with Gasteiger partial charge in [0.25, 0.3) is 0 Å². The van der Waals surface area contributed by atoms with Crippen molar-refractivity contribution in [2.24, 2.45) is 4.99 Å². The molecule has 0 atom stereocenters. The lowest BCUT2D eigenvalue weighted by Gasteiger charge is -2.11. The molecule has 0 N–H and O–H groups in total. The van der Waals surface area contributed by atoms with Gasteiger partial charge in [-0.1, -0.05) is 30.4 Å². The molecule has 1 aromatic rings. The van der Waals surface area contributed by atoms with Crippen LogP contribution in [0.5, 0.6) is 0 Å². The van der Waals surface area contributed by atoms with E-state index < -0.39 is 0 Å². The maximum Gasteiger partial charge on any atom is 0.0708 e. The van der Waals surface area contributed by atoms with Crippen LogP contribution >= 0.6 is 24.0 Å². The van der Waals surface area contributed by atoms with Crippen molar-refractivity contribution in [2.45, 2.75) is 0 Å². The van der Waals surface area contributed by atoms with Gasteiger partial charge in [-0.05, 0) is 23.8 Å². The zero-order chi connectivity index (χ0) is 12.4. The summed E-state index contributed by atoms with van der Waals surface area (Å²) in [7, 11) is 2.02. The molecule has 96 valence electrons. The minimum Gasteiger partial charge on any atom is -0.357 e. The normalized spacial score (nSPS) is 17.6. The molecule has 0 aliphatic carbocycles. The van der Waals surface area contributed by atoms with Crippen molar-refractivity contribution in [2.75, 3.05) is 7.05 Å². The summed E-state index contributed by atoms with van der Waals surface area (Å²) in [5.74, 6) is 0. The van der Waals surface area contributed by atoms with E-state index in [-0.39, 0.29) is 24.0 Å². The van der Waals surface area contributed by atoms with Gasteiger partial charge >= 0.3 is 0 Å². The van der Waals surface area contributed by atoms with E-state index >= 15 is 0 Å². The number of hydrogen-bond donors (Lipinski definition) is 0. The van der Waals surface area contributed by atoms with E-state index in [9.17, 15) is 0 Å². The average Bonchev–Trinajstić information content (AvgIpc) is 2.82. The van der Waals surface area contributed by atoms with Crippen molar-refractivity contribution in [1.82, 2.24) is 4.90 Å². The number of rotatable bonds is 1. The number of aliphatic imine (C=N–C) groups is 1. The summed E-state index contributed by atoms with van der Waals surface area (Å²) in [4.78, 5) is 6.41. The molecule has 0 fully saturated rings. The first kappa shape index (κ1) is 13.8. The zero-order valence-electron chi connectivity index (χ0n) is 10.7. The number of allylic oxidation sites excluding steroid dienone is 6. The molecule has 2 aliphatic rings. The van der Waals surface area contributed by atoms with E-state index in [4.69, 9.17) is 0 Å². The lowest BCUT2D eigenvalue weighted by Crippen LogP contribution is -2.02. The summed E-state index contributed by atoms with van der Waals surface area (Å²) >= 11 is 0. The van der Waals surface area contributed by atoms with Crippen LogP contribution in [0.4, 0.5) is 5.69 Å². The first-order chi connectivity index (χ1) is 8.83. The van der Waals surface area contributed by atoms with Gasteiger partial charge in [0.2, 0.25) is 0 Å². The van der Waals surface area contributed by atoms with Crippen LogP contribution in [0.2, 0.25) is 0 Å². The molecule has 0 bridgehead atoms. The number of para-hydroxylation sites is 1. The fraction of sp³-hybridized carbons (Fsp3) is 0.0625. The molecular formula is C16H15IN2. The van der Waals surface area contributed by atoms with Gasteiger partial charge in [0.15, 0.2) is 0 Å². The fourth-order valence-electron chi connectivity index (χ4n) is 1.98. The predicted octanol–water partition coefficient (Wildman–Crippen LogP) is 4.30. The van der Waals surface area contributed by atoms with Crippen LogP contribution in [0.3, 0.4) is 0 Å². The van der Waals surface area contributed by atoms with Crippen LogP contribution in [0.25, 0.3) is 5.57 Å². The summed E-state index contributed by atoms with van der Waals surface area (Å²) in [6.45, 7) is 0. The van der Waals surface area contributed by atoms with Crippen LogP contribution in [0.15, 0.2) is 71.5 Å². The van der Waals surface area contributed by atoms with Crippen LogP contribution in [-0.2, 0) is 0 Å². The van der Waals surface area contributed by atoms with Gasteiger partial charge in [-0.2, -0.15) is 0 Å². The fourth-order valence-corrected chi connectivity index (χ4v) is 1.98. The van der Waals surface area contributed by atoms with Crippen LogP contribution in [-0.4, -0.2) is 18.2 Å². The highest BCUT2D eigenvalue weighted by atomic mass is 127. The smallest absolute Gasteiger partial charge is 0.0708 e. The Labute approximate surface area is 130 Å². The Morgan fingerprint density at radius 1 is 1.05 bits per heavy atom. The Kier molecular flexibility index (Phi) is 4.37. The monoisotopic (exact) mass is 362 g/mol. The van der Waals surface area contributed by atoms with E-state index in [0.29, 0.717) is 0 Å². The molecule has 0 saturated heterocycles. The Morgan fingerprint density at radius 2 is 1.79 bits per heavy atom. The minimum atomic E-state index is 0. The highest BCUT2D eigenvalue weighted by Crippen LogP contribution is 2.30.